The summed E-state index contributed by atoms with van der Waals surface area (Å²) in [5, 5.41) is 3.62. The fourth-order valence-electron chi connectivity index (χ4n) is 2.45. The quantitative estimate of drug-likeness (QED) is 0.695. The van der Waals surface area contributed by atoms with Gasteiger partial charge in [0.2, 0.25) is 10.0 Å². The molecule has 1 aromatic carbocycles. The Kier molecular flexibility index (Phi) is 4.14. The number of hydrogen-bond donors (Lipinski definition) is 1. The fraction of sp³-hybridized carbons (Fsp3) is 0.286. The van der Waals surface area contributed by atoms with Crippen LogP contribution in [0, 0.1) is 6.92 Å². The lowest BCUT2D eigenvalue weighted by molar-refractivity contribution is 0.396. The Morgan fingerprint density at radius 2 is 1.88 bits per heavy atom. The standard InChI is InChI=1S/C14H15BrN4O4S/c1-8-9(6-16-23-8)7-17-24(21,22)13-5-12-11(4-10(13)15)18(2)14(20)19(12)3/h4-6,17H,7H2,1-3H3. The molecule has 0 aliphatic rings. The van der Waals surface area contributed by atoms with Gasteiger partial charge in [0.15, 0.2) is 0 Å². The van der Waals surface area contributed by atoms with Crippen molar-refractivity contribution in [2.24, 2.45) is 14.1 Å². The van der Waals surface area contributed by atoms with Gasteiger partial charge in [-0.2, -0.15) is 0 Å². The van der Waals surface area contributed by atoms with Crippen LogP contribution in [0.15, 0.2) is 37.0 Å². The molecular weight excluding hydrogens is 400 g/mol. The SMILES string of the molecule is Cc1oncc1CNS(=O)(=O)c1cc2c(cc1Br)n(C)c(=O)n2C. The molecule has 24 heavy (non-hydrogen) atoms. The minimum atomic E-state index is -3.79. The molecule has 2 aromatic heterocycles. The predicted octanol–water partition coefficient (Wildman–Crippen LogP) is 1.41. The number of sulfonamides is 1. The van der Waals surface area contributed by atoms with Crippen molar-refractivity contribution >= 4 is 37.0 Å². The maximum atomic E-state index is 12.6. The molecule has 3 rings (SSSR count). The second-order valence-corrected chi connectivity index (χ2v) is 7.99. The van der Waals surface area contributed by atoms with E-state index in [1.54, 1.807) is 27.1 Å². The van der Waals surface area contributed by atoms with Gasteiger partial charge in [0.1, 0.15) is 5.76 Å². The van der Waals surface area contributed by atoms with E-state index in [2.05, 4.69) is 25.8 Å². The molecule has 0 aliphatic heterocycles. The van der Waals surface area contributed by atoms with E-state index in [1.807, 2.05) is 0 Å². The van der Waals surface area contributed by atoms with Gasteiger partial charge in [-0.25, -0.2) is 17.9 Å². The van der Waals surface area contributed by atoms with E-state index in [0.717, 1.165) is 0 Å². The highest BCUT2D eigenvalue weighted by atomic mass is 79.9. The van der Waals surface area contributed by atoms with Crippen molar-refractivity contribution in [2.75, 3.05) is 0 Å². The maximum Gasteiger partial charge on any atom is 0.328 e. The van der Waals surface area contributed by atoms with Gasteiger partial charge in [-0.05, 0) is 35.0 Å². The van der Waals surface area contributed by atoms with Crippen LogP contribution in [0.2, 0.25) is 0 Å². The van der Waals surface area contributed by atoms with Crippen molar-refractivity contribution < 1.29 is 12.9 Å². The number of aromatic nitrogens is 3. The average Bonchev–Trinajstić information content (AvgIpc) is 3.03. The summed E-state index contributed by atoms with van der Waals surface area (Å²) in [6.45, 7) is 1.77. The highest BCUT2D eigenvalue weighted by molar-refractivity contribution is 9.10. The van der Waals surface area contributed by atoms with Crippen LogP contribution in [-0.2, 0) is 30.7 Å². The van der Waals surface area contributed by atoms with Gasteiger partial charge in [-0.3, -0.25) is 9.13 Å². The number of rotatable bonds is 4. The monoisotopic (exact) mass is 414 g/mol. The third kappa shape index (κ3) is 2.70. The summed E-state index contributed by atoms with van der Waals surface area (Å²) in [4.78, 5) is 12.1. The highest BCUT2D eigenvalue weighted by Crippen LogP contribution is 2.27. The summed E-state index contributed by atoms with van der Waals surface area (Å²) in [6.07, 6.45) is 1.47. The molecule has 0 atom stereocenters. The molecular formula is C14H15BrN4O4S. The van der Waals surface area contributed by atoms with E-state index >= 15 is 0 Å². The molecule has 0 fully saturated rings. The Labute approximate surface area is 146 Å². The second kappa shape index (κ2) is 5.87. The first-order chi connectivity index (χ1) is 11.2. The summed E-state index contributed by atoms with van der Waals surface area (Å²) in [7, 11) is -0.549. The number of halogens is 1. The van der Waals surface area contributed by atoms with Crippen LogP contribution < -0.4 is 10.4 Å². The van der Waals surface area contributed by atoms with Gasteiger partial charge in [0.05, 0.1) is 22.1 Å². The summed E-state index contributed by atoms with van der Waals surface area (Å²) < 4.78 is 35.9. The molecule has 0 bridgehead atoms. The van der Waals surface area contributed by atoms with E-state index in [-0.39, 0.29) is 17.1 Å². The zero-order valence-electron chi connectivity index (χ0n) is 13.2. The van der Waals surface area contributed by atoms with E-state index in [0.29, 0.717) is 26.8 Å². The number of nitrogens with one attached hydrogen (secondary N) is 1. The minimum Gasteiger partial charge on any atom is -0.361 e. The second-order valence-electron chi connectivity index (χ2n) is 5.40. The summed E-state index contributed by atoms with van der Waals surface area (Å²) >= 11 is 3.28. The molecule has 10 heteroatoms. The molecule has 1 N–H and O–H groups in total. The Morgan fingerprint density at radius 3 is 2.46 bits per heavy atom. The van der Waals surface area contributed by atoms with Crippen molar-refractivity contribution in [3.8, 4) is 0 Å². The molecule has 2 heterocycles. The van der Waals surface area contributed by atoms with Crippen LogP contribution >= 0.6 is 15.9 Å². The molecule has 0 amide bonds. The van der Waals surface area contributed by atoms with Crippen LogP contribution in [0.25, 0.3) is 11.0 Å². The molecule has 0 unspecified atom stereocenters. The zero-order valence-corrected chi connectivity index (χ0v) is 15.6. The highest BCUT2D eigenvalue weighted by Gasteiger charge is 2.21. The summed E-state index contributed by atoms with van der Waals surface area (Å²) in [5.41, 5.74) is 1.61. The fourth-order valence-corrected chi connectivity index (χ4v) is 4.50. The normalized spacial score (nSPS) is 12.2. The molecule has 0 spiro atoms. The number of hydrogen-bond acceptors (Lipinski definition) is 5. The Hall–Kier alpha value is -1.91. The Bertz CT molecular complexity index is 1090. The lowest BCUT2D eigenvalue weighted by Crippen LogP contribution is -2.23. The first-order valence-electron chi connectivity index (χ1n) is 6.97. The van der Waals surface area contributed by atoms with Gasteiger partial charge < -0.3 is 4.52 Å². The van der Waals surface area contributed by atoms with Gasteiger partial charge in [-0.1, -0.05) is 5.16 Å². The van der Waals surface area contributed by atoms with Crippen molar-refractivity contribution in [3.05, 3.63) is 44.6 Å². The summed E-state index contributed by atoms with van der Waals surface area (Å²) in [5.74, 6) is 0.553. The largest absolute Gasteiger partial charge is 0.361 e. The number of benzene rings is 1. The van der Waals surface area contributed by atoms with Crippen LogP contribution in [0.4, 0.5) is 0 Å². The van der Waals surface area contributed by atoms with Gasteiger partial charge in [-0.15, -0.1) is 0 Å². The Morgan fingerprint density at radius 1 is 1.25 bits per heavy atom. The number of fused-ring (bicyclic) bond motifs is 1. The first kappa shape index (κ1) is 16.9. The molecule has 0 saturated carbocycles. The number of nitrogens with zero attached hydrogens (tertiary/aromatic N) is 3. The van der Waals surface area contributed by atoms with Gasteiger partial charge >= 0.3 is 5.69 Å². The van der Waals surface area contributed by atoms with Crippen LogP contribution in [0.1, 0.15) is 11.3 Å². The van der Waals surface area contributed by atoms with Crippen molar-refractivity contribution in [3.63, 3.8) is 0 Å². The maximum absolute atomic E-state index is 12.6. The van der Waals surface area contributed by atoms with Crippen LogP contribution in [-0.4, -0.2) is 22.7 Å². The smallest absolute Gasteiger partial charge is 0.328 e. The lowest BCUT2D eigenvalue weighted by Gasteiger charge is -2.09. The third-order valence-electron chi connectivity index (χ3n) is 3.92. The van der Waals surface area contributed by atoms with Gasteiger partial charge in [0, 0.05) is 30.7 Å². The third-order valence-corrected chi connectivity index (χ3v) is 6.28. The van der Waals surface area contributed by atoms with Crippen molar-refractivity contribution in [1.82, 2.24) is 19.0 Å². The van der Waals surface area contributed by atoms with Gasteiger partial charge in [0.25, 0.3) is 0 Å². The summed E-state index contributed by atoms with van der Waals surface area (Å²) in [6, 6.07) is 3.10. The first-order valence-corrected chi connectivity index (χ1v) is 9.25. The minimum absolute atomic E-state index is 0.0605. The van der Waals surface area contributed by atoms with Crippen LogP contribution in [0.3, 0.4) is 0 Å². The van der Waals surface area contributed by atoms with E-state index in [1.165, 1.54) is 21.4 Å². The van der Waals surface area contributed by atoms with Crippen molar-refractivity contribution in [1.29, 1.82) is 0 Å². The van der Waals surface area contributed by atoms with E-state index in [4.69, 9.17) is 4.52 Å². The average molecular weight is 415 g/mol. The van der Waals surface area contributed by atoms with E-state index in [9.17, 15) is 13.2 Å². The number of imidazole rings is 1. The molecule has 8 nitrogen and oxygen atoms in total. The van der Waals surface area contributed by atoms with Crippen LogP contribution in [0.5, 0.6) is 0 Å². The van der Waals surface area contributed by atoms with Crippen molar-refractivity contribution in [2.45, 2.75) is 18.4 Å². The topological polar surface area (TPSA) is 99.1 Å². The predicted molar refractivity (Wildman–Crippen MR) is 91.1 cm³/mol. The lowest BCUT2D eigenvalue weighted by atomic mass is 10.3. The number of aryl methyl sites for hydroxylation is 3. The zero-order chi connectivity index (χ0) is 17.6. The Balaban J connectivity index is 2.04. The molecule has 0 aliphatic carbocycles. The molecule has 128 valence electrons. The van der Waals surface area contributed by atoms with E-state index < -0.39 is 10.0 Å². The molecule has 3 aromatic rings. The molecule has 0 saturated heterocycles. The molecule has 0 radical (unpaired) electrons.